The van der Waals surface area contributed by atoms with Crippen molar-refractivity contribution in [3.63, 3.8) is 0 Å². The van der Waals surface area contributed by atoms with Crippen LogP contribution in [-0.2, 0) is 6.18 Å². The van der Waals surface area contributed by atoms with E-state index in [1.54, 1.807) is 0 Å². The standard InChI is InChI=1S/C10H6ClF3N2S/c11-7-6-5(4-1-2-4)3-17-8(6)16-9(15-7)10(12,13)14/h3-4H,1-2H2. The van der Waals surface area contributed by atoms with Gasteiger partial charge in [-0.1, -0.05) is 11.6 Å². The van der Waals surface area contributed by atoms with Gasteiger partial charge in [0.05, 0.1) is 5.39 Å². The Labute approximate surface area is 103 Å². The van der Waals surface area contributed by atoms with Gasteiger partial charge in [0.2, 0.25) is 5.82 Å². The molecule has 0 N–H and O–H groups in total. The molecule has 2 heterocycles. The van der Waals surface area contributed by atoms with Crippen LogP contribution in [0.4, 0.5) is 13.2 Å². The summed E-state index contributed by atoms with van der Waals surface area (Å²) in [6, 6.07) is 0. The molecule has 0 bridgehead atoms. The van der Waals surface area contributed by atoms with Gasteiger partial charge in [-0.2, -0.15) is 13.2 Å². The molecule has 90 valence electrons. The van der Waals surface area contributed by atoms with Crippen molar-refractivity contribution in [2.24, 2.45) is 0 Å². The van der Waals surface area contributed by atoms with E-state index in [0.717, 1.165) is 18.4 Å². The van der Waals surface area contributed by atoms with Crippen molar-refractivity contribution in [1.82, 2.24) is 9.97 Å². The van der Waals surface area contributed by atoms with Crippen LogP contribution in [0.2, 0.25) is 5.15 Å². The fraction of sp³-hybridized carbons (Fsp3) is 0.400. The maximum absolute atomic E-state index is 12.5. The molecule has 0 saturated heterocycles. The molecule has 0 unspecified atom stereocenters. The predicted molar refractivity (Wildman–Crippen MR) is 59.4 cm³/mol. The van der Waals surface area contributed by atoms with Crippen LogP contribution in [0.5, 0.6) is 0 Å². The smallest absolute Gasteiger partial charge is 0.213 e. The van der Waals surface area contributed by atoms with Crippen LogP contribution >= 0.6 is 22.9 Å². The molecule has 0 aromatic carbocycles. The molecule has 2 nitrogen and oxygen atoms in total. The number of alkyl halides is 3. The highest BCUT2D eigenvalue weighted by Gasteiger charge is 2.36. The zero-order valence-electron chi connectivity index (χ0n) is 8.38. The van der Waals surface area contributed by atoms with E-state index < -0.39 is 12.0 Å². The molecule has 3 rings (SSSR count). The van der Waals surface area contributed by atoms with E-state index >= 15 is 0 Å². The highest BCUT2D eigenvalue weighted by atomic mass is 35.5. The van der Waals surface area contributed by atoms with E-state index in [2.05, 4.69) is 9.97 Å². The van der Waals surface area contributed by atoms with Crippen LogP contribution in [0.15, 0.2) is 5.38 Å². The quantitative estimate of drug-likeness (QED) is 0.729. The summed E-state index contributed by atoms with van der Waals surface area (Å²) >= 11 is 7.03. The average Bonchev–Trinajstić information content (AvgIpc) is 2.97. The van der Waals surface area contributed by atoms with Gasteiger partial charge < -0.3 is 0 Å². The summed E-state index contributed by atoms with van der Waals surface area (Å²) in [5.41, 5.74) is 0.990. The van der Waals surface area contributed by atoms with Crippen LogP contribution in [0.1, 0.15) is 30.1 Å². The molecule has 0 amide bonds. The molecule has 7 heteroatoms. The van der Waals surface area contributed by atoms with E-state index in [4.69, 9.17) is 11.6 Å². The lowest BCUT2D eigenvalue weighted by molar-refractivity contribution is -0.144. The SMILES string of the molecule is FC(F)(F)c1nc(Cl)c2c(C3CC3)csc2n1. The van der Waals surface area contributed by atoms with E-state index in [-0.39, 0.29) is 5.15 Å². The first-order chi connectivity index (χ1) is 7.97. The number of hydrogen-bond donors (Lipinski definition) is 0. The summed E-state index contributed by atoms with van der Waals surface area (Å²) in [5, 5.41) is 2.33. The number of halogens is 4. The molecule has 2 aromatic rings. The van der Waals surface area contributed by atoms with Crippen LogP contribution in [0, 0.1) is 0 Å². The molecule has 1 aliphatic carbocycles. The second-order valence-corrected chi connectivity index (χ2v) is 5.20. The minimum Gasteiger partial charge on any atom is -0.213 e. The highest BCUT2D eigenvalue weighted by molar-refractivity contribution is 7.17. The Kier molecular flexibility index (Phi) is 2.35. The van der Waals surface area contributed by atoms with E-state index in [9.17, 15) is 13.2 Å². The third-order valence-electron chi connectivity index (χ3n) is 2.69. The molecule has 1 saturated carbocycles. The van der Waals surface area contributed by atoms with Gasteiger partial charge in [-0.25, -0.2) is 9.97 Å². The molecular formula is C10H6ClF3N2S. The van der Waals surface area contributed by atoms with Crippen LogP contribution in [0.3, 0.4) is 0 Å². The number of thiophene rings is 1. The number of fused-ring (bicyclic) bond motifs is 1. The molecule has 17 heavy (non-hydrogen) atoms. The second kappa shape index (κ2) is 3.55. The number of rotatable bonds is 1. The zero-order chi connectivity index (χ0) is 12.2. The van der Waals surface area contributed by atoms with Crippen LogP contribution in [-0.4, -0.2) is 9.97 Å². The van der Waals surface area contributed by atoms with E-state index in [1.165, 1.54) is 11.3 Å². The zero-order valence-corrected chi connectivity index (χ0v) is 9.96. The molecule has 0 spiro atoms. The van der Waals surface area contributed by atoms with E-state index in [1.807, 2.05) is 5.38 Å². The first-order valence-electron chi connectivity index (χ1n) is 4.98. The molecule has 0 radical (unpaired) electrons. The molecule has 0 aliphatic heterocycles. The minimum absolute atomic E-state index is 0.0922. The van der Waals surface area contributed by atoms with Crippen molar-refractivity contribution in [2.45, 2.75) is 24.9 Å². The van der Waals surface area contributed by atoms with Gasteiger partial charge in [-0.15, -0.1) is 11.3 Å². The van der Waals surface area contributed by atoms with Gasteiger partial charge in [0.25, 0.3) is 0 Å². The van der Waals surface area contributed by atoms with Gasteiger partial charge in [0.15, 0.2) is 0 Å². The lowest BCUT2D eigenvalue weighted by Gasteiger charge is -2.05. The van der Waals surface area contributed by atoms with Gasteiger partial charge in [0, 0.05) is 0 Å². The average molecular weight is 279 g/mol. The Bertz CT molecular complexity index is 589. The van der Waals surface area contributed by atoms with Crippen molar-refractivity contribution in [3.05, 3.63) is 21.9 Å². The van der Waals surface area contributed by atoms with Crippen molar-refractivity contribution >= 4 is 33.2 Å². The third-order valence-corrected chi connectivity index (χ3v) is 3.85. The Morgan fingerprint density at radius 2 is 2.00 bits per heavy atom. The van der Waals surface area contributed by atoms with Crippen molar-refractivity contribution in [3.8, 4) is 0 Å². The van der Waals surface area contributed by atoms with E-state index in [0.29, 0.717) is 16.1 Å². The number of hydrogen-bond acceptors (Lipinski definition) is 3. The largest absolute Gasteiger partial charge is 0.451 e. The molecule has 0 atom stereocenters. The Balaban J connectivity index is 2.22. The lowest BCUT2D eigenvalue weighted by atomic mass is 10.1. The molecular weight excluding hydrogens is 273 g/mol. The molecule has 2 aromatic heterocycles. The van der Waals surface area contributed by atoms with Crippen LogP contribution in [0.25, 0.3) is 10.2 Å². The minimum atomic E-state index is -4.55. The predicted octanol–water partition coefficient (Wildman–Crippen LogP) is 4.24. The Morgan fingerprint density at radius 3 is 2.59 bits per heavy atom. The van der Waals surface area contributed by atoms with Crippen molar-refractivity contribution in [1.29, 1.82) is 0 Å². The van der Waals surface area contributed by atoms with Crippen LogP contribution < -0.4 is 0 Å². The number of nitrogens with zero attached hydrogens (tertiary/aromatic N) is 2. The second-order valence-electron chi connectivity index (χ2n) is 3.98. The summed E-state index contributed by atoms with van der Waals surface area (Å²) in [6.45, 7) is 0. The molecule has 1 fully saturated rings. The van der Waals surface area contributed by atoms with Crippen molar-refractivity contribution in [2.75, 3.05) is 0 Å². The van der Waals surface area contributed by atoms with Gasteiger partial charge >= 0.3 is 6.18 Å². The van der Waals surface area contributed by atoms with Gasteiger partial charge in [-0.05, 0) is 29.7 Å². The lowest BCUT2D eigenvalue weighted by Crippen LogP contribution is -2.10. The van der Waals surface area contributed by atoms with Gasteiger partial charge in [-0.3, -0.25) is 0 Å². The first-order valence-corrected chi connectivity index (χ1v) is 6.24. The summed E-state index contributed by atoms with van der Waals surface area (Å²) in [6.07, 6.45) is -2.44. The summed E-state index contributed by atoms with van der Waals surface area (Å²) in [7, 11) is 0. The molecule has 1 aliphatic rings. The summed E-state index contributed by atoms with van der Waals surface area (Å²) in [4.78, 5) is 7.21. The fourth-order valence-electron chi connectivity index (χ4n) is 1.74. The maximum Gasteiger partial charge on any atom is 0.451 e. The summed E-state index contributed by atoms with van der Waals surface area (Å²) < 4.78 is 37.5. The number of aromatic nitrogens is 2. The highest BCUT2D eigenvalue weighted by Crippen LogP contribution is 2.46. The summed E-state index contributed by atoms with van der Waals surface area (Å²) in [5.74, 6) is -0.749. The van der Waals surface area contributed by atoms with Crippen molar-refractivity contribution < 1.29 is 13.2 Å². The topological polar surface area (TPSA) is 25.8 Å². The monoisotopic (exact) mass is 278 g/mol. The first kappa shape index (κ1) is 11.2. The fourth-order valence-corrected chi connectivity index (χ4v) is 3.10. The normalized spacial score (nSPS) is 16.7. The maximum atomic E-state index is 12.5. The van der Waals surface area contributed by atoms with Gasteiger partial charge in [0.1, 0.15) is 9.98 Å². The Hall–Kier alpha value is -0.880. The Morgan fingerprint density at radius 1 is 1.29 bits per heavy atom. The third kappa shape index (κ3) is 1.89.